The molecular formula is C28H28ClN7O4. The summed E-state index contributed by atoms with van der Waals surface area (Å²) in [6.45, 7) is 0.765. The molecule has 1 N–H and O–H groups in total. The van der Waals surface area contributed by atoms with Gasteiger partial charge in [-0.05, 0) is 84.3 Å². The van der Waals surface area contributed by atoms with Crippen molar-refractivity contribution in [1.29, 1.82) is 0 Å². The number of nitrogens with one attached hydrogen (secondary N) is 1. The first-order valence-electron chi connectivity index (χ1n) is 12.8. The standard InChI is InChI=1S/C28H28ClN7O4/c1-39-23-10-8-22(9-11-23)36(25(37)18-35-33-27(32-34-35)20-4-6-21(29)7-5-20)26(19-12-14-30-15-13-19)28(38)31-17-24-3-2-16-40-24/h4-15,24,26H,2-3,16-18H2,1H3,(H,31,38)/t24-,26+/m0/s1. The van der Waals surface area contributed by atoms with Crippen molar-refractivity contribution in [3.05, 3.63) is 83.6 Å². The van der Waals surface area contributed by atoms with Crippen LogP contribution in [0.25, 0.3) is 11.4 Å². The fraction of sp³-hybridized carbons (Fsp3) is 0.286. The molecule has 2 atom stereocenters. The van der Waals surface area contributed by atoms with Crippen LogP contribution in [0.5, 0.6) is 5.75 Å². The van der Waals surface area contributed by atoms with Gasteiger partial charge in [-0.25, -0.2) is 0 Å². The Morgan fingerprint density at radius 3 is 2.55 bits per heavy atom. The minimum Gasteiger partial charge on any atom is -0.497 e. The zero-order valence-electron chi connectivity index (χ0n) is 21.8. The van der Waals surface area contributed by atoms with Crippen LogP contribution in [-0.4, -0.2) is 63.4 Å². The van der Waals surface area contributed by atoms with Crippen LogP contribution in [0.1, 0.15) is 24.4 Å². The summed E-state index contributed by atoms with van der Waals surface area (Å²) in [5.41, 5.74) is 1.80. The molecule has 11 nitrogen and oxygen atoms in total. The van der Waals surface area contributed by atoms with Crippen molar-refractivity contribution in [2.75, 3.05) is 25.2 Å². The van der Waals surface area contributed by atoms with E-state index in [4.69, 9.17) is 21.1 Å². The Bertz CT molecular complexity index is 1430. The van der Waals surface area contributed by atoms with Gasteiger partial charge >= 0.3 is 0 Å². The molecule has 0 saturated carbocycles. The Kier molecular flexibility index (Phi) is 8.62. The molecule has 0 radical (unpaired) electrons. The van der Waals surface area contributed by atoms with Crippen molar-refractivity contribution in [3.8, 4) is 17.1 Å². The van der Waals surface area contributed by atoms with E-state index in [2.05, 4.69) is 25.7 Å². The summed E-state index contributed by atoms with van der Waals surface area (Å²) in [6.07, 6.45) is 4.94. The summed E-state index contributed by atoms with van der Waals surface area (Å²) < 4.78 is 11.0. The molecule has 12 heteroatoms. The Morgan fingerprint density at radius 1 is 1.12 bits per heavy atom. The first kappa shape index (κ1) is 27.2. The molecule has 2 amide bonds. The van der Waals surface area contributed by atoms with Gasteiger partial charge in [0.15, 0.2) is 0 Å². The maximum atomic E-state index is 14.0. The van der Waals surface area contributed by atoms with E-state index in [1.54, 1.807) is 80.2 Å². The van der Waals surface area contributed by atoms with Crippen LogP contribution in [0, 0.1) is 0 Å². The molecule has 1 aliphatic heterocycles. The highest BCUT2D eigenvalue weighted by Crippen LogP contribution is 2.30. The topological polar surface area (TPSA) is 124 Å². The van der Waals surface area contributed by atoms with Gasteiger partial charge in [0.05, 0.1) is 13.2 Å². The van der Waals surface area contributed by atoms with E-state index in [1.165, 1.54) is 9.70 Å². The first-order chi connectivity index (χ1) is 19.5. The lowest BCUT2D eigenvalue weighted by molar-refractivity contribution is -0.127. The van der Waals surface area contributed by atoms with Crippen LogP contribution in [0.15, 0.2) is 73.1 Å². The van der Waals surface area contributed by atoms with Crippen molar-refractivity contribution in [1.82, 2.24) is 30.5 Å². The number of anilines is 1. The van der Waals surface area contributed by atoms with Crippen LogP contribution in [-0.2, 0) is 20.9 Å². The van der Waals surface area contributed by atoms with Gasteiger partial charge in [0.1, 0.15) is 18.3 Å². The van der Waals surface area contributed by atoms with E-state index in [1.807, 2.05) is 0 Å². The Balaban J connectivity index is 1.46. The zero-order valence-corrected chi connectivity index (χ0v) is 22.6. The fourth-order valence-corrected chi connectivity index (χ4v) is 4.61. The Morgan fingerprint density at radius 2 is 1.88 bits per heavy atom. The third-order valence-electron chi connectivity index (χ3n) is 6.51. The average Bonchev–Trinajstić information content (AvgIpc) is 3.68. The lowest BCUT2D eigenvalue weighted by Crippen LogP contribution is -2.46. The monoisotopic (exact) mass is 561 g/mol. The maximum Gasteiger partial charge on any atom is 0.251 e. The quantitative estimate of drug-likeness (QED) is 0.312. The summed E-state index contributed by atoms with van der Waals surface area (Å²) in [4.78, 5) is 34.4. The number of halogens is 1. The van der Waals surface area contributed by atoms with Crippen LogP contribution in [0.2, 0.25) is 5.02 Å². The number of aromatic nitrogens is 5. The van der Waals surface area contributed by atoms with E-state index in [-0.39, 0.29) is 18.6 Å². The molecule has 0 bridgehead atoms. The van der Waals surface area contributed by atoms with Gasteiger partial charge in [-0.1, -0.05) is 11.6 Å². The van der Waals surface area contributed by atoms with Gasteiger partial charge in [0, 0.05) is 41.8 Å². The molecule has 1 saturated heterocycles. The molecule has 1 fully saturated rings. The minimum atomic E-state index is -0.996. The third-order valence-corrected chi connectivity index (χ3v) is 6.76. The molecule has 4 aromatic rings. The molecule has 3 heterocycles. The summed E-state index contributed by atoms with van der Waals surface area (Å²) in [6, 6.07) is 16.3. The van der Waals surface area contributed by atoms with Crippen LogP contribution >= 0.6 is 11.6 Å². The summed E-state index contributed by atoms with van der Waals surface area (Å²) >= 11 is 5.99. The van der Waals surface area contributed by atoms with Crippen molar-refractivity contribution < 1.29 is 19.1 Å². The molecule has 0 spiro atoms. The normalized spacial score (nSPS) is 15.4. The second-order valence-corrected chi connectivity index (χ2v) is 9.61. The Hall–Kier alpha value is -4.35. The predicted octanol–water partition coefficient (Wildman–Crippen LogP) is 3.47. The molecular weight excluding hydrogens is 534 g/mol. The van der Waals surface area contributed by atoms with Gasteiger partial charge in [0.25, 0.3) is 5.91 Å². The lowest BCUT2D eigenvalue weighted by atomic mass is 10.0. The number of methoxy groups -OCH3 is 1. The molecule has 1 aliphatic rings. The second kappa shape index (κ2) is 12.7. The summed E-state index contributed by atoms with van der Waals surface area (Å²) in [7, 11) is 1.56. The molecule has 2 aromatic heterocycles. The van der Waals surface area contributed by atoms with E-state index in [9.17, 15) is 9.59 Å². The van der Waals surface area contributed by atoms with Gasteiger partial charge in [-0.2, -0.15) is 4.80 Å². The van der Waals surface area contributed by atoms with Gasteiger partial charge in [-0.15, -0.1) is 10.2 Å². The van der Waals surface area contributed by atoms with E-state index >= 15 is 0 Å². The van der Waals surface area contributed by atoms with Crippen molar-refractivity contribution in [2.45, 2.75) is 31.5 Å². The molecule has 206 valence electrons. The lowest BCUT2D eigenvalue weighted by Gasteiger charge is -2.31. The molecule has 2 aromatic carbocycles. The molecule has 5 rings (SSSR count). The van der Waals surface area contributed by atoms with Crippen molar-refractivity contribution in [2.24, 2.45) is 0 Å². The van der Waals surface area contributed by atoms with Crippen LogP contribution in [0.3, 0.4) is 0 Å². The highest BCUT2D eigenvalue weighted by molar-refractivity contribution is 6.30. The smallest absolute Gasteiger partial charge is 0.251 e. The van der Waals surface area contributed by atoms with Crippen LogP contribution < -0.4 is 15.0 Å². The van der Waals surface area contributed by atoms with Crippen LogP contribution in [0.4, 0.5) is 5.69 Å². The number of carbonyl (C=O) groups is 2. The number of hydrogen-bond acceptors (Lipinski definition) is 8. The number of nitrogens with zero attached hydrogens (tertiary/aromatic N) is 6. The van der Waals surface area contributed by atoms with Gasteiger partial charge < -0.3 is 14.8 Å². The minimum absolute atomic E-state index is 0.0576. The highest BCUT2D eigenvalue weighted by Gasteiger charge is 2.34. The number of ether oxygens (including phenoxy) is 2. The zero-order chi connectivity index (χ0) is 27.9. The van der Waals surface area contributed by atoms with Crippen molar-refractivity contribution in [3.63, 3.8) is 0 Å². The van der Waals surface area contributed by atoms with Gasteiger partial charge in [-0.3, -0.25) is 19.5 Å². The number of pyridine rings is 1. The van der Waals surface area contributed by atoms with E-state index in [0.717, 1.165) is 12.8 Å². The number of benzene rings is 2. The SMILES string of the molecule is COc1ccc(N(C(=O)Cn2nnc(-c3ccc(Cl)cc3)n2)[C@@H](C(=O)NC[C@@H]2CCCO2)c2ccncc2)cc1. The molecule has 0 unspecified atom stereocenters. The first-order valence-corrected chi connectivity index (χ1v) is 13.2. The summed E-state index contributed by atoms with van der Waals surface area (Å²) in [5, 5.41) is 16.1. The van der Waals surface area contributed by atoms with Gasteiger partial charge in [0.2, 0.25) is 11.7 Å². The second-order valence-electron chi connectivity index (χ2n) is 9.18. The highest BCUT2D eigenvalue weighted by atomic mass is 35.5. The van der Waals surface area contributed by atoms with E-state index < -0.39 is 11.9 Å². The third kappa shape index (κ3) is 6.44. The maximum absolute atomic E-state index is 14.0. The molecule has 0 aliphatic carbocycles. The predicted molar refractivity (Wildman–Crippen MR) is 148 cm³/mol. The van der Waals surface area contributed by atoms with Crippen molar-refractivity contribution >= 4 is 29.1 Å². The number of tetrazole rings is 1. The number of hydrogen-bond donors (Lipinski definition) is 1. The average molecular weight is 562 g/mol. The number of amides is 2. The fourth-order valence-electron chi connectivity index (χ4n) is 4.48. The summed E-state index contributed by atoms with van der Waals surface area (Å²) in [5.74, 6) is 0.198. The molecule has 40 heavy (non-hydrogen) atoms. The Labute approximate surface area is 236 Å². The number of rotatable bonds is 10. The number of carbonyl (C=O) groups excluding carboxylic acids is 2. The van der Waals surface area contributed by atoms with E-state index in [0.29, 0.717) is 46.6 Å². The largest absolute Gasteiger partial charge is 0.497 e.